The van der Waals surface area contributed by atoms with E-state index in [4.69, 9.17) is 29.5 Å². The van der Waals surface area contributed by atoms with E-state index in [0.717, 1.165) is 19.2 Å². The lowest BCUT2D eigenvalue weighted by molar-refractivity contribution is -0.135. The molecule has 0 bridgehead atoms. The first kappa shape index (κ1) is 30.8. The molecule has 3 aromatic rings. The number of allylic oxidation sites excluding steroid dienone is 1. The molecule has 0 saturated carbocycles. The molecule has 0 aliphatic heterocycles. The topological polar surface area (TPSA) is 138 Å². The second-order valence-corrected chi connectivity index (χ2v) is 9.69. The minimum atomic E-state index is -4.49. The highest BCUT2D eigenvalue weighted by molar-refractivity contribution is 7.49. The number of phosphoric acid groups is 1. The SMILES string of the molecule is CC(=N)N.COC(=O)/C(C(=O)c1ccc(F)cc1)=C(\OP(=O)(Oc1ccccc1)Oc1ccccc1)C(C)C. The number of Topliss-reactive ketones (excluding diaryl/α,β-unsaturated/α-hetero) is 1. The molecule has 9 nitrogen and oxygen atoms in total. The lowest BCUT2D eigenvalue weighted by Crippen LogP contribution is -2.21. The van der Waals surface area contributed by atoms with Crippen LogP contribution in [-0.4, -0.2) is 24.7 Å². The molecular formula is C28H30FN2O7P. The van der Waals surface area contributed by atoms with Gasteiger partial charge in [0.1, 0.15) is 28.6 Å². The number of carbonyl (C=O) groups excluding carboxylic acids is 2. The van der Waals surface area contributed by atoms with Crippen LogP contribution in [0.5, 0.6) is 11.5 Å². The number of nitrogens with two attached hydrogens (primary N) is 1. The molecule has 0 unspecified atom stereocenters. The first-order valence-electron chi connectivity index (χ1n) is 11.7. The normalized spacial score (nSPS) is 11.3. The van der Waals surface area contributed by atoms with Crippen LogP contribution in [0.2, 0.25) is 0 Å². The van der Waals surface area contributed by atoms with E-state index in [1.807, 2.05) is 0 Å². The summed E-state index contributed by atoms with van der Waals surface area (Å²) in [5.74, 6) is -2.73. The number of ether oxygens (including phenoxy) is 1. The number of para-hydroxylation sites is 2. The van der Waals surface area contributed by atoms with Gasteiger partial charge in [0.25, 0.3) is 0 Å². The van der Waals surface area contributed by atoms with Crippen LogP contribution in [0.15, 0.2) is 96.3 Å². The molecule has 3 aromatic carbocycles. The highest BCUT2D eigenvalue weighted by Crippen LogP contribution is 2.52. The number of hydrogen-bond acceptors (Lipinski definition) is 8. The van der Waals surface area contributed by atoms with Crippen molar-refractivity contribution in [2.45, 2.75) is 20.8 Å². The van der Waals surface area contributed by atoms with E-state index < -0.39 is 36.9 Å². The van der Waals surface area contributed by atoms with E-state index in [0.29, 0.717) is 0 Å². The van der Waals surface area contributed by atoms with Crippen molar-refractivity contribution in [1.82, 2.24) is 0 Å². The summed E-state index contributed by atoms with van der Waals surface area (Å²) < 4.78 is 49.1. The van der Waals surface area contributed by atoms with Gasteiger partial charge in [-0.15, -0.1) is 0 Å². The molecule has 0 aromatic heterocycles. The molecule has 0 saturated heterocycles. The summed E-state index contributed by atoms with van der Waals surface area (Å²) >= 11 is 0. The molecule has 0 aliphatic carbocycles. The largest absolute Gasteiger partial charge is 0.646 e. The van der Waals surface area contributed by atoms with Crippen LogP contribution in [-0.2, 0) is 18.6 Å². The number of nitrogens with one attached hydrogen (secondary N) is 1. The maximum atomic E-state index is 13.9. The minimum Gasteiger partial charge on any atom is -0.465 e. The molecule has 39 heavy (non-hydrogen) atoms. The number of hydrogen-bond donors (Lipinski definition) is 2. The average molecular weight is 557 g/mol. The Labute approximate surface area is 226 Å². The van der Waals surface area contributed by atoms with Gasteiger partial charge in [0, 0.05) is 11.5 Å². The Morgan fingerprint density at radius 3 is 1.69 bits per heavy atom. The van der Waals surface area contributed by atoms with Crippen molar-refractivity contribution in [2.75, 3.05) is 7.11 Å². The predicted octanol–water partition coefficient (Wildman–Crippen LogP) is 6.32. The third-order valence-corrected chi connectivity index (χ3v) is 5.91. The van der Waals surface area contributed by atoms with Crippen LogP contribution < -0.4 is 14.8 Å². The zero-order chi connectivity index (χ0) is 29.0. The van der Waals surface area contributed by atoms with Gasteiger partial charge in [-0.05, 0) is 55.5 Å². The van der Waals surface area contributed by atoms with Gasteiger partial charge < -0.3 is 24.0 Å². The number of rotatable bonds is 10. The third kappa shape index (κ3) is 9.75. The molecule has 0 amide bonds. The standard InChI is InChI=1S/C26H24FO7P.C2H6N2/c1-18(2)25(23(26(29)31-3)24(28)19-14-16-20(27)17-15-19)34-35(30,32-21-10-6-4-7-11-21)33-22-12-8-5-9-13-22;1-2(3)4/h4-18H,1-3H3;1H3,(H3,3,4)/b25-23-;. The molecule has 11 heteroatoms. The molecule has 3 rings (SSSR count). The second-order valence-electron chi connectivity index (χ2n) is 8.25. The van der Waals surface area contributed by atoms with E-state index in [1.165, 1.54) is 19.1 Å². The van der Waals surface area contributed by atoms with Crippen LogP contribution in [0, 0.1) is 17.1 Å². The third-order valence-electron chi connectivity index (χ3n) is 4.62. The first-order valence-corrected chi connectivity index (χ1v) is 13.1. The van der Waals surface area contributed by atoms with Crippen molar-refractivity contribution in [2.24, 2.45) is 11.7 Å². The van der Waals surface area contributed by atoms with Crippen LogP contribution in [0.4, 0.5) is 4.39 Å². The van der Waals surface area contributed by atoms with E-state index in [9.17, 15) is 18.5 Å². The highest BCUT2D eigenvalue weighted by Gasteiger charge is 2.38. The lowest BCUT2D eigenvalue weighted by atomic mass is 9.98. The molecule has 0 fully saturated rings. The summed E-state index contributed by atoms with van der Waals surface area (Å²) in [7, 11) is -3.40. The van der Waals surface area contributed by atoms with Gasteiger partial charge in [-0.3, -0.25) is 10.2 Å². The van der Waals surface area contributed by atoms with Crippen LogP contribution >= 0.6 is 7.82 Å². The summed E-state index contributed by atoms with van der Waals surface area (Å²) in [6.45, 7) is 4.79. The molecule has 0 heterocycles. The number of methoxy groups -OCH3 is 1. The Balaban J connectivity index is 0.00000124. The van der Waals surface area contributed by atoms with E-state index in [-0.39, 0.29) is 28.7 Å². The fourth-order valence-electron chi connectivity index (χ4n) is 2.99. The number of benzene rings is 3. The zero-order valence-corrected chi connectivity index (χ0v) is 22.8. The van der Waals surface area contributed by atoms with Crippen molar-refractivity contribution in [3.63, 3.8) is 0 Å². The van der Waals surface area contributed by atoms with Crippen molar-refractivity contribution in [1.29, 1.82) is 5.41 Å². The fourth-order valence-corrected chi connectivity index (χ4v) is 4.40. The van der Waals surface area contributed by atoms with E-state index in [2.05, 4.69) is 0 Å². The van der Waals surface area contributed by atoms with Crippen molar-refractivity contribution < 1.29 is 36.9 Å². The summed E-state index contributed by atoms with van der Waals surface area (Å²) in [5, 5.41) is 6.28. The van der Waals surface area contributed by atoms with Crippen molar-refractivity contribution in [3.05, 3.63) is 108 Å². The van der Waals surface area contributed by atoms with Gasteiger partial charge in [0.2, 0.25) is 5.78 Å². The van der Waals surface area contributed by atoms with Gasteiger partial charge in [0.15, 0.2) is 0 Å². The zero-order valence-electron chi connectivity index (χ0n) is 21.9. The number of esters is 1. The first-order chi connectivity index (χ1) is 18.5. The van der Waals surface area contributed by atoms with Gasteiger partial charge in [-0.2, -0.15) is 4.57 Å². The summed E-state index contributed by atoms with van der Waals surface area (Å²) in [6.07, 6.45) is 0. The van der Waals surface area contributed by atoms with E-state index in [1.54, 1.807) is 74.5 Å². The fraction of sp³-hybridized carbons (Fsp3) is 0.179. The summed E-state index contributed by atoms with van der Waals surface area (Å²) in [4.78, 5) is 26.0. The van der Waals surface area contributed by atoms with Gasteiger partial charge >= 0.3 is 13.8 Å². The Bertz CT molecular complexity index is 1300. The predicted molar refractivity (Wildman–Crippen MR) is 145 cm³/mol. The Kier molecular flexibility index (Phi) is 11.4. The maximum absolute atomic E-state index is 13.9. The van der Waals surface area contributed by atoms with Gasteiger partial charge in [-0.25, -0.2) is 9.18 Å². The summed E-state index contributed by atoms with van der Waals surface area (Å²) in [5.41, 5.74) is 4.19. The van der Waals surface area contributed by atoms with Crippen LogP contribution in [0.3, 0.4) is 0 Å². The number of amidine groups is 1. The smallest absolute Gasteiger partial charge is 0.465 e. The van der Waals surface area contributed by atoms with Crippen LogP contribution in [0.25, 0.3) is 0 Å². The molecule has 0 aliphatic rings. The number of ketones is 1. The van der Waals surface area contributed by atoms with Gasteiger partial charge in [0.05, 0.1) is 12.9 Å². The quantitative estimate of drug-likeness (QED) is 0.0341. The molecule has 3 N–H and O–H groups in total. The molecule has 0 atom stereocenters. The number of phosphoric ester groups is 1. The summed E-state index contributed by atoms with van der Waals surface area (Å²) in [6, 6.07) is 21.0. The molecule has 0 spiro atoms. The Morgan fingerprint density at radius 2 is 1.31 bits per heavy atom. The van der Waals surface area contributed by atoms with Crippen molar-refractivity contribution in [3.8, 4) is 11.5 Å². The van der Waals surface area contributed by atoms with Gasteiger partial charge in [-0.1, -0.05) is 50.2 Å². The van der Waals surface area contributed by atoms with E-state index >= 15 is 0 Å². The molecular weight excluding hydrogens is 526 g/mol. The number of halogens is 1. The monoisotopic (exact) mass is 556 g/mol. The molecule has 0 radical (unpaired) electrons. The maximum Gasteiger partial charge on any atom is 0.646 e. The second kappa shape index (κ2) is 14.5. The Morgan fingerprint density at radius 1 is 0.872 bits per heavy atom. The lowest BCUT2D eigenvalue weighted by Gasteiger charge is -2.23. The van der Waals surface area contributed by atoms with Crippen LogP contribution in [0.1, 0.15) is 31.1 Å². The molecule has 206 valence electrons. The Hall–Kier alpha value is -4.43. The number of carbonyl (C=O) groups is 2. The highest BCUT2D eigenvalue weighted by atomic mass is 31.2. The minimum absolute atomic E-state index is 0.0105. The van der Waals surface area contributed by atoms with Crippen molar-refractivity contribution >= 4 is 25.4 Å². The average Bonchev–Trinajstić information content (AvgIpc) is 2.89.